The monoisotopic (exact) mass is 274 g/mol. The number of aromatic amines is 1. The summed E-state index contributed by atoms with van der Waals surface area (Å²) in [6.45, 7) is 0.547. The topological polar surface area (TPSA) is 78.1 Å². The highest BCUT2D eigenvalue weighted by atomic mass is 32.2. The smallest absolute Gasteiger partial charge is 0.326 e. The number of carbonyl (C=O) groups excluding carboxylic acids is 1. The molecule has 0 spiro atoms. The van der Waals surface area contributed by atoms with Gasteiger partial charge in [-0.15, -0.1) is 0 Å². The number of carbonyl (C=O) groups is 1. The zero-order chi connectivity index (χ0) is 12.7. The lowest BCUT2D eigenvalue weighted by Crippen LogP contribution is -2.33. The summed E-state index contributed by atoms with van der Waals surface area (Å²) >= 11 is 5.43. The SMILES string of the molecule is CN(S)C(=O)NCCSCc1nccc(=O)[nH]1. The van der Waals surface area contributed by atoms with E-state index in [2.05, 4.69) is 28.1 Å². The highest BCUT2D eigenvalue weighted by Gasteiger charge is 2.02. The van der Waals surface area contributed by atoms with E-state index in [1.165, 1.54) is 16.6 Å². The van der Waals surface area contributed by atoms with Crippen molar-refractivity contribution < 1.29 is 4.79 Å². The van der Waals surface area contributed by atoms with Crippen molar-refractivity contribution in [1.82, 2.24) is 19.6 Å². The third-order valence-electron chi connectivity index (χ3n) is 1.78. The van der Waals surface area contributed by atoms with E-state index >= 15 is 0 Å². The lowest BCUT2D eigenvalue weighted by Gasteiger charge is -2.10. The number of rotatable bonds is 5. The first-order valence-electron chi connectivity index (χ1n) is 4.92. The molecule has 94 valence electrons. The fraction of sp³-hybridized carbons (Fsp3) is 0.444. The number of nitrogens with one attached hydrogen (secondary N) is 2. The van der Waals surface area contributed by atoms with Crippen molar-refractivity contribution in [1.29, 1.82) is 0 Å². The molecule has 2 amide bonds. The number of thiol groups is 1. The summed E-state index contributed by atoms with van der Waals surface area (Å²) < 4.78 is 1.18. The maximum atomic E-state index is 11.1. The van der Waals surface area contributed by atoms with E-state index in [4.69, 9.17) is 0 Å². The first-order valence-corrected chi connectivity index (χ1v) is 6.47. The van der Waals surface area contributed by atoms with Gasteiger partial charge in [0.1, 0.15) is 5.82 Å². The van der Waals surface area contributed by atoms with E-state index in [0.717, 1.165) is 5.75 Å². The first kappa shape index (κ1) is 13.9. The zero-order valence-corrected chi connectivity index (χ0v) is 11.1. The molecule has 8 heteroatoms. The van der Waals surface area contributed by atoms with Crippen LogP contribution in [0.15, 0.2) is 17.1 Å². The van der Waals surface area contributed by atoms with Crippen LogP contribution in [0.4, 0.5) is 4.79 Å². The Hall–Kier alpha value is -1.15. The second kappa shape index (κ2) is 7.23. The van der Waals surface area contributed by atoms with Gasteiger partial charge in [-0.2, -0.15) is 11.8 Å². The molecule has 0 atom stereocenters. The number of nitrogens with zero attached hydrogens (tertiary/aromatic N) is 2. The van der Waals surface area contributed by atoms with Crippen LogP contribution in [0.2, 0.25) is 0 Å². The first-order chi connectivity index (χ1) is 8.09. The van der Waals surface area contributed by atoms with Crippen molar-refractivity contribution in [2.75, 3.05) is 19.3 Å². The maximum absolute atomic E-state index is 11.1. The molecule has 0 fully saturated rings. The Balaban J connectivity index is 2.17. The molecule has 6 nitrogen and oxygen atoms in total. The molecule has 2 N–H and O–H groups in total. The molecule has 0 radical (unpaired) electrons. The molecule has 0 aromatic carbocycles. The molecule has 0 unspecified atom stereocenters. The summed E-state index contributed by atoms with van der Waals surface area (Å²) in [5, 5.41) is 2.68. The van der Waals surface area contributed by atoms with Crippen LogP contribution in [0.3, 0.4) is 0 Å². The van der Waals surface area contributed by atoms with E-state index in [0.29, 0.717) is 18.1 Å². The number of urea groups is 1. The molecule has 0 aliphatic heterocycles. The van der Waals surface area contributed by atoms with Gasteiger partial charge in [0.25, 0.3) is 5.56 Å². The van der Waals surface area contributed by atoms with Crippen LogP contribution in [-0.2, 0) is 5.75 Å². The fourth-order valence-electron chi connectivity index (χ4n) is 0.998. The van der Waals surface area contributed by atoms with E-state index in [1.807, 2.05) is 0 Å². The van der Waals surface area contributed by atoms with Crippen molar-refractivity contribution in [2.24, 2.45) is 0 Å². The van der Waals surface area contributed by atoms with Crippen LogP contribution in [0.25, 0.3) is 0 Å². The summed E-state index contributed by atoms with van der Waals surface area (Å²) in [6.07, 6.45) is 1.48. The summed E-state index contributed by atoms with van der Waals surface area (Å²) in [6, 6.07) is 1.14. The van der Waals surface area contributed by atoms with Crippen LogP contribution < -0.4 is 10.9 Å². The molecule has 0 aliphatic rings. The summed E-state index contributed by atoms with van der Waals surface area (Å²) in [5.41, 5.74) is -0.152. The highest BCUT2D eigenvalue weighted by Crippen LogP contribution is 2.05. The number of hydrogen-bond donors (Lipinski definition) is 3. The maximum Gasteiger partial charge on any atom is 0.326 e. The Bertz CT molecular complexity index is 421. The number of aromatic nitrogens is 2. The normalized spacial score (nSPS) is 10.0. The molecule has 1 heterocycles. The van der Waals surface area contributed by atoms with Gasteiger partial charge in [-0.3, -0.25) is 9.10 Å². The van der Waals surface area contributed by atoms with Crippen LogP contribution in [0, 0.1) is 0 Å². The van der Waals surface area contributed by atoms with Gasteiger partial charge in [-0.1, -0.05) is 12.8 Å². The van der Waals surface area contributed by atoms with Crippen molar-refractivity contribution in [3.8, 4) is 0 Å². The van der Waals surface area contributed by atoms with Crippen molar-refractivity contribution in [3.05, 3.63) is 28.4 Å². The van der Waals surface area contributed by atoms with E-state index in [-0.39, 0.29) is 11.6 Å². The average Bonchev–Trinajstić information content (AvgIpc) is 2.28. The number of thioether (sulfide) groups is 1. The Morgan fingerprint density at radius 2 is 2.47 bits per heavy atom. The van der Waals surface area contributed by atoms with Crippen molar-refractivity contribution in [2.45, 2.75) is 5.75 Å². The Labute approximate surface area is 109 Å². The van der Waals surface area contributed by atoms with Crippen LogP contribution >= 0.6 is 24.6 Å². The van der Waals surface area contributed by atoms with E-state index in [1.54, 1.807) is 18.8 Å². The summed E-state index contributed by atoms with van der Waals surface area (Å²) in [7, 11) is 1.56. The third kappa shape index (κ3) is 5.64. The zero-order valence-electron chi connectivity index (χ0n) is 9.34. The molecule has 1 aromatic rings. The van der Waals surface area contributed by atoms with Gasteiger partial charge in [-0.25, -0.2) is 9.78 Å². The molecule has 0 saturated carbocycles. The molecular formula is C9H14N4O2S2. The van der Waals surface area contributed by atoms with Crippen LogP contribution in [-0.4, -0.2) is 39.6 Å². The van der Waals surface area contributed by atoms with Crippen molar-refractivity contribution >= 4 is 30.6 Å². The van der Waals surface area contributed by atoms with Gasteiger partial charge in [0.2, 0.25) is 0 Å². The molecule has 0 aliphatic carbocycles. The van der Waals surface area contributed by atoms with Gasteiger partial charge in [0, 0.05) is 31.6 Å². The summed E-state index contributed by atoms with van der Waals surface area (Å²) in [4.78, 5) is 28.7. The average molecular weight is 274 g/mol. The number of amides is 2. The Morgan fingerprint density at radius 3 is 3.12 bits per heavy atom. The second-order valence-corrected chi connectivity index (χ2v) is 4.89. The standard InChI is InChI=1S/C9H14N4O2S2/c1-13(16)9(15)11-4-5-17-6-7-10-3-2-8(14)12-7/h2-3,16H,4-6H2,1H3,(H,11,15)(H,10,12,14). The number of H-pyrrole nitrogens is 1. The predicted molar refractivity (Wildman–Crippen MR) is 71.2 cm³/mol. The van der Waals surface area contributed by atoms with E-state index < -0.39 is 0 Å². The summed E-state index contributed by atoms with van der Waals surface area (Å²) in [5.74, 6) is 1.99. The Morgan fingerprint density at radius 1 is 1.71 bits per heavy atom. The number of hydrogen-bond acceptors (Lipinski definition) is 5. The van der Waals surface area contributed by atoms with Gasteiger partial charge in [0.15, 0.2) is 0 Å². The second-order valence-electron chi connectivity index (χ2n) is 3.19. The fourth-order valence-corrected chi connectivity index (χ4v) is 1.80. The van der Waals surface area contributed by atoms with Crippen LogP contribution in [0.5, 0.6) is 0 Å². The minimum Gasteiger partial charge on any atom is -0.336 e. The Kier molecular flexibility index (Phi) is 5.92. The highest BCUT2D eigenvalue weighted by molar-refractivity contribution is 7.98. The minimum atomic E-state index is -0.236. The predicted octanol–water partition coefficient (Wildman–Crippen LogP) is 0.489. The molecule has 1 aromatic heterocycles. The lowest BCUT2D eigenvalue weighted by atomic mass is 10.6. The van der Waals surface area contributed by atoms with Gasteiger partial charge >= 0.3 is 6.03 Å². The molecular weight excluding hydrogens is 260 g/mol. The quantitative estimate of drug-likeness (QED) is 0.539. The van der Waals surface area contributed by atoms with E-state index in [9.17, 15) is 9.59 Å². The molecule has 0 saturated heterocycles. The largest absolute Gasteiger partial charge is 0.336 e. The minimum absolute atomic E-state index is 0.152. The molecule has 17 heavy (non-hydrogen) atoms. The van der Waals surface area contributed by atoms with Gasteiger partial charge in [-0.05, 0) is 0 Å². The lowest BCUT2D eigenvalue weighted by molar-refractivity contribution is 0.231. The third-order valence-corrected chi connectivity index (χ3v) is 2.93. The molecule has 0 bridgehead atoms. The van der Waals surface area contributed by atoms with Gasteiger partial charge < -0.3 is 10.3 Å². The molecule has 1 rings (SSSR count). The van der Waals surface area contributed by atoms with Crippen molar-refractivity contribution in [3.63, 3.8) is 0 Å². The van der Waals surface area contributed by atoms with Gasteiger partial charge in [0.05, 0.1) is 5.75 Å². The van der Waals surface area contributed by atoms with Crippen LogP contribution in [0.1, 0.15) is 5.82 Å².